The molecule has 178 valence electrons. The monoisotopic (exact) mass is 458 g/mol. The van der Waals surface area contributed by atoms with E-state index >= 15 is 0 Å². The fourth-order valence-electron chi connectivity index (χ4n) is 5.02. The summed E-state index contributed by atoms with van der Waals surface area (Å²) in [6.07, 6.45) is 6.01. The van der Waals surface area contributed by atoms with Crippen LogP contribution in [0.3, 0.4) is 0 Å². The number of carbonyl (C=O) groups is 4. The molecule has 1 aromatic rings. The Morgan fingerprint density at radius 3 is 2.55 bits per heavy atom. The maximum absolute atomic E-state index is 13.6. The number of nitrogens with one attached hydrogen (secondary N) is 2. The normalized spacial score (nSPS) is 24.2. The fourth-order valence-corrected chi connectivity index (χ4v) is 5.02. The molecule has 3 aliphatic rings. The van der Waals surface area contributed by atoms with Gasteiger partial charge in [0.25, 0.3) is 5.91 Å². The molecule has 1 aliphatic carbocycles. The van der Waals surface area contributed by atoms with E-state index < -0.39 is 23.8 Å². The Morgan fingerprint density at radius 1 is 1.03 bits per heavy atom. The lowest BCUT2D eigenvalue weighted by Gasteiger charge is -2.42. The molecule has 4 rings (SSSR count). The Labute approximate surface area is 192 Å². The van der Waals surface area contributed by atoms with E-state index in [0.29, 0.717) is 13.0 Å². The van der Waals surface area contributed by atoms with Crippen LogP contribution in [0.4, 0.5) is 4.39 Å². The van der Waals surface area contributed by atoms with Crippen molar-refractivity contribution in [3.8, 4) is 0 Å². The molecule has 2 N–H and O–H groups in total. The lowest BCUT2D eigenvalue weighted by Crippen LogP contribution is -2.64. The van der Waals surface area contributed by atoms with E-state index in [1.807, 2.05) is 0 Å². The number of nitrogens with zero attached hydrogens (tertiary/aromatic N) is 2. The van der Waals surface area contributed by atoms with E-state index in [2.05, 4.69) is 10.6 Å². The van der Waals surface area contributed by atoms with E-state index in [1.54, 1.807) is 4.90 Å². The second-order valence-electron chi connectivity index (χ2n) is 9.14. The summed E-state index contributed by atoms with van der Waals surface area (Å²) in [7, 11) is 0. The van der Waals surface area contributed by atoms with Crippen LogP contribution in [0.15, 0.2) is 24.3 Å². The molecule has 33 heavy (non-hydrogen) atoms. The molecule has 4 amide bonds. The first-order chi connectivity index (χ1) is 15.9. The first kappa shape index (κ1) is 23.2. The van der Waals surface area contributed by atoms with Gasteiger partial charge in [0.05, 0.1) is 6.54 Å². The van der Waals surface area contributed by atoms with Crippen molar-refractivity contribution in [3.05, 3.63) is 35.6 Å². The number of hydrogen-bond acceptors (Lipinski definition) is 4. The molecule has 9 heteroatoms. The SMILES string of the molecule is O=C1NCCCC1NC(=O)C1CN(C(=O)c2cccc(F)c2)CCN1C(=O)C1CCCCC1. The van der Waals surface area contributed by atoms with Gasteiger partial charge in [-0.25, -0.2) is 4.39 Å². The Kier molecular flexibility index (Phi) is 7.25. The number of amides is 4. The molecule has 0 bridgehead atoms. The smallest absolute Gasteiger partial charge is 0.254 e. The van der Waals surface area contributed by atoms with Gasteiger partial charge in [-0.05, 0) is 43.9 Å². The highest BCUT2D eigenvalue weighted by Crippen LogP contribution is 2.27. The third-order valence-electron chi connectivity index (χ3n) is 6.88. The van der Waals surface area contributed by atoms with Gasteiger partial charge in [-0.3, -0.25) is 19.2 Å². The van der Waals surface area contributed by atoms with Gasteiger partial charge >= 0.3 is 0 Å². The topological polar surface area (TPSA) is 98.8 Å². The molecule has 0 spiro atoms. The van der Waals surface area contributed by atoms with Crippen molar-refractivity contribution in [1.29, 1.82) is 0 Å². The van der Waals surface area contributed by atoms with Gasteiger partial charge in [0.1, 0.15) is 17.9 Å². The van der Waals surface area contributed by atoms with E-state index in [0.717, 1.165) is 38.5 Å². The number of carbonyl (C=O) groups excluding carboxylic acids is 4. The predicted octanol–water partition coefficient (Wildman–Crippen LogP) is 1.45. The minimum atomic E-state index is -0.889. The summed E-state index contributed by atoms with van der Waals surface area (Å²) in [6.45, 7) is 1.08. The first-order valence-electron chi connectivity index (χ1n) is 11.9. The zero-order valence-electron chi connectivity index (χ0n) is 18.7. The third kappa shape index (κ3) is 5.34. The molecule has 1 aromatic carbocycles. The number of benzene rings is 1. The Balaban J connectivity index is 1.52. The summed E-state index contributed by atoms with van der Waals surface area (Å²) in [5, 5.41) is 5.54. The van der Waals surface area contributed by atoms with Crippen molar-refractivity contribution in [1.82, 2.24) is 20.4 Å². The molecule has 2 saturated heterocycles. The summed E-state index contributed by atoms with van der Waals surface area (Å²) < 4.78 is 13.6. The van der Waals surface area contributed by atoms with E-state index in [9.17, 15) is 23.6 Å². The highest BCUT2D eigenvalue weighted by atomic mass is 19.1. The second kappa shape index (κ2) is 10.3. The first-order valence-corrected chi connectivity index (χ1v) is 11.9. The van der Waals surface area contributed by atoms with Gasteiger partial charge in [-0.1, -0.05) is 25.3 Å². The number of piperazine rings is 1. The zero-order valence-corrected chi connectivity index (χ0v) is 18.7. The molecule has 2 aliphatic heterocycles. The predicted molar refractivity (Wildman–Crippen MR) is 119 cm³/mol. The maximum Gasteiger partial charge on any atom is 0.254 e. The largest absolute Gasteiger partial charge is 0.354 e. The van der Waals surface area contributed by atoms with Gasteiger partial charge in [-0.15, -0.1) is 0 Å². The van der Waals surface area contributed by atoms with Crippen LogP contribution in [0.1, 0.15) is 55.3 Å². The zero-order chi connectivity index (χ0) is 23.4. The van der Waals surface area contributed by atoms with Crippen LogP contribution >= 0.6 is 0 Å². The van der Waals surface area contributed by atoms with Crippen LogP contribution in [-0.4, -0.2) is 71.7 Å². The summed E-state index contributed by atoms with van der Waals surface area (Å²) in [6, 6.07) is 3.91. The lowest BCUT2D eigenvalue weighted by atomic mass is 9.87. The van der Waals surface area contributed by atoms with Gasteiger partial charge in [-0.2, -0.15) is 0 Å². The Hall–Kier alpha value is -2.97. The Bertz CT molecular complexity index is 917. The average Bonchev–Trinajstić information content (AvgIpc) is 2.84. The summed E-state index contributed by atoms with van der Waals surface area (Å²) in [5.74, 6) is -1.73. The van der Waals surface area contributed by atoms with Gasteiger partial charge < -0.3 is 20.4 Å². The van der Waals surface area contributed by atoms with E-state index in [-0.39, 0.29) is 48.8 Å². The van der Waals surface area contributed by atoms with Crippen LogP contribution in [-0.2, 0) is 14.4 Å². The molecule has 3 fully saturated rings. The molecule has 8 nitrogen and oxygen atoms in total. The fraction of sp³-hybridized carbons (Fsp3) is 0.583. The molecule has 2 heterocycles. The summed E-state index contributed by atoms with van der Waals surface area (Å²) >= 11 is 0. The molecular weight excluding hydrogens is 427 g/mol. The molecule has 2 unspecified atom stereocenters. The minimum absolute atomic E-state index is 0.00792. The van der Waals surface area contributed by atoms with Crippen molar-refractivity contribution in [2.24, 2.45) is 5.92 Å². The average molecular weight is 459 g/mol. The van der Waals surface area contributed by atoms with Crippen LogP contribution in [0, 0.1) is 11.7 Å². The van der Waals surface area contributed by atoms with Crippen molar-refractivity contribution in [3.63, 3.8) is 0 Å². The summed E-state index contributed by atoms with van der Waals surface area (Å²) in [5.41, 5.74) is 0.202. The van der Waals surface area contributed by atoms with E-state index in [1.165, 1.54) is 29.2 Å². The van der Waals surface area contributed by atoms with Crippen molar-refractivity contribution < 1.29 is 23.6 Å². The molecule has 0 radical (unpaired) electrons. The maximum atomic E-state index is 13.6. The van der Waals surface area contributed by atoms with Crippen LogP contribution in [0.25, 0.3) is 0 Å². The second-order valence-corrected chi connectivity index (χ2v) is 9.14. The third-order valence-corrected chi connectivity index (χ3v) is 6.88. The lowest BCUT2D eigenvalue weighted by molar-refractivity contribution is -0.148. The molecule has 2 atom stereocenters. The van der Waals surface area contributed by atoms with Crippen molar-refractivity contribution in [2.75, 3.05) is 26.2 Å². The molecular formula is C24H31FN4O4. The number of rotatable bonds is 4. The number of hydrogen-bond donors (Lipinski definition) is 2. The number of halogens is 1. The van der Waals surface area contributed by atoms with E-state index in [4.69, 9.17) is 0 Å². The Morgan fingerprint density at radius 2 is 1.82 bits per heavy atom. The van der Waals surface area contributed by atoms with Crippen molar-refractivity contribution in [2.45, 2.75) is 57.0 Å². The standard InChI is InChI=1S/C24H31FN4O4/c25-18-9-4-8-17(14-18)23(32)28-12-13-29(24(33)16-6-2-1-3-7-16)20(15-28)22(31)27-19-10-5-11-26-21(19)30/h4,8-9,14,16,19-20H,1-3,5-7,10-13,15H2,(H,26,30)(H,27,31). The van der Waals surface area contributed by atoms with Gasteiger partial charge in [0.15, 0.2) is 0 Å². The quantitative estimate of drug-likeness (QED) is 0.714. The molecule has 1 saturated carbocycles. The highest BCUT2D eigenvalue weighted by Gasteiger charge is 2.40. The highest BCUT2D eigenvalue weighted by molar-refractivity contribution is 5.96. The van der Waals surface area contributed by atoms with Crippen LogP contribution < -0.4 is 10.6 Å². The summed E-state index contributed by atoms with van der Waals surface area (Å²) in [4.78, 5) is 54.8. The minimum Gasteiger partial charge on any atom is -0.354 e. The van der Waals surface area contributed by atoms with Crippen molar-refractivity contribution >= 4 is 23.6 Å². The van der Waals surface area contributed by atoms with Crippen LogP contribution in [0.2, 0.25) is 0 Å². The van der Waals surface area contributed by atoms with Crippen LogP contribution in [0.5, 0.6) is 0 Å². The van der Waals surface area contributed by atoms with Gasteiger partial charge in [0.2, 0.25) is 17.7 Å². The van der Waals surface area contributed by atoms with Gasteiger partial charge in [0, 0.05) is 31.1 Å². The number of piperidine rings is 1. The molecule has 0 aromatic heterocycles.